The summed E-state index contributed by atoms with van der Waals surface area (Å²) in [5, 5.41) is 9.06. The summed E-state index contributed by atoms with van der Waals surface area (Å²) in [4.78, 5) is 1.88. The predicted molar refractivity (Wildman–Crippen MR) is 68.5 cm³/mol. The van der Waals surface area contributed by atoms with Crippen molar-refractivity contribution in [3.63, 3.8) is 0 Å². The van der Waals surface area contributed by atoms with Crippen LogP contribution in [-0.4, -0.2) is 24.8 Å². The molecule has 0 amide bonds. The second-order valence-electron chi connectivity index (χ2n) is 4.02. The zero-order valence-electron chi connectivity index (χ0n) is 10.3. The van der Waals surface area contributed by atoms with Gasteiger partial charge in [0.05, 0.1) is 12.3 Å². The fourth-order valence-corrected chi connectivity index (χ4v) is 1.88. The predicted octanol–water partition coefficient (Wildman–Crippen LogP) is 1.88. The van der Waals surface area contributed by atoms with E-state index in [0.717, 1.165) is 24.9 Å². The third-order valence-corrected chi connectivity index (χ3v) is 2.76. The fourth-order valence-electron chi connectivity index (χ4n) is 1.88. The fraction of sp³-hybridized carbons (Fsp3) is 0.538. The first-order valence-electron chi connectivity index (χ1n) is 6.07. The minimum absolute atomic E-state index is 0.0159. The maximum Gasteiger partial charge on any atom is 0.146 e. The normalized spacial score (nSPS) is 10.6. The summed E-state index contributed by atoms with van der Waals surface area (Å²) in [5.41, 5.74) is 6.95. The monoisotopic (exact) mass is 240 g/mol. The van der Waals surface area contributed by atoms with Crippen LogP contribution >= 0.6 is 0 Å². The van der Waals surface area contributed by atoms with Gasteiger partial charge in [0.2, 0.25) is 0 Å². The molecule has 0 heterocycles. The van der Waals surface area contributed by atoms with E-state index in [9.17, 15) is 4.39 Å². The zero-order valence-corrected chi connectivity index (χ0v) is 10.3. The number of aliphatic hydroxyl groups is 1. The van der Waals surface area contributed by atoms with Crippen LogP contribution in [0.3, 0.4) is 0 Å². The van der Waals surface area contributed by atoms with Gasteiger partial charge in [-0.05, 0) is 18.1 Å². The Morgan fingerprint density at radius 1 is 1.35 bits per heavy atom. The molecule has 0 aliphatic carbocycles. The van der Waals surface area contributed by atoms with Gasteiger partial charge in [-0.1, -0.05) is 25.5 Å². The summed E-state index contributed by atoms with van der Waals surface area (Å²) in [6, 6.07) is 4.93. The van der Waals surface area contributed by atoms with E-state index in [1.54, 1.807) is 6.07 Å². The van der Waals surface area contributed by atoms with E-state index in [1.807, 2.05) is 11.0 Å². The molecule has 0 saturated heterocycles. The van der Waals surface area contributed by atoms with E-state index in [0.29, 0.717) is 18.8 Å². The Labute approximate surface area is 102 Å². The lowest BCUT2D eigenvalue weighted by molar-refractivity contribution is 0.301. The molecule has 3 N–H and O–H groups in total. The van der Waals surface area contributed by atoms with Crippen molar-refractivity contribution >= 4 is 5.69 Å². The lowest BCUT2D eigenvalue weighted by Crippen LogP contribution is -2.30. The number of benzene rings is 1. The maximum absolute atomic E-state index is 13.9. The Balaban J connectivity index is 2.98. The number of aliphatic hydroxyl groups excluding tert-OH is 1. The van der Waals surface area contributed by atoms with Gasteiger partial charge in [0, 0.05) is 19.6 Å². The van der Waals surface area contributed by atoms with E-state index in [1.165, 1.54) is 6.07 Å². The minimum atomic E-state index is -0.266. The molecule has 0 radical (unpaired) electrons. The first-order valence-corrected chi connectivity index (χ1v) is 6.07. The summed E-state index contributed by atoms with van der Waals surface area (Å²) < 4.78 is 13.9. The van der Waals surface area contributed by atoms with Crippen LogP contribution in [0.15, 0.2) is 18.2 Å². The van der Waals surface area contributed by atoms with Gasteiger partial charge in [-0.25, -0.2) is 4.39 Å². The lowest BCUT2D eigenvalue weighted by Gasteiger charge is -2.26. The molecule has 4 heteroatoms. The van der Waals surface area contributed by atoms with E-state index in [4.69, 9.17) is 10.8 Å². The molecule has 1 aromatic rings. The Morgan fingerprint density at radius 3 is 2.71 bits per heavy atom. The number of para-hydroxylation sites is 1. The maximum atomic E-state index is 13.9. The van der Waals surface area contributed by atoms with Crippen molar-refractivity contribution in [2.24, 2.45) is 5.73 Å². The van der Waals surface area contributed by atoms with Crippen LogP contribution in [0.1, 0.15) is 25.3 Å². The molecule has 17 heavy (non-hydrogen) atoms. The first-order chi connectivity index (χ1) is 8.24. The molecule has 1 rings (SSSR count). The van der Waals surface area contributed by atoms with Crippen LogP contribution in [0, 0.1) is 5.82 Å². The number of hydrogen-bond acceptors (Lipinski definition) is 3. The van der Waals surface area contributed by atoms with Gasteiger partial charge in [0.25, 0.3) is 0 Å². The van der Waals surface area contributed by atoms with Gasteiger partial charge in [-0.2, -0.15) is 0 Å². The second kappa shape index (κ2) is 7.25. The van der Waals surface area contributed by atoms with Crippen molar-refractivity contribution in [2.75, 3.05) is 24.6 Å². The van der Waals surface area contributed by atoms with Crippen LogP contribution in [0.25, 0.3) is 0 Å². The van der Waals surface area contributed by atoms with E-state index in [-0.39, 0.29) is 12.4 Å². The highest BCUT2D eigenvalue weighted by Gasteiger charge is 2.14. The number of halogens is 1. The Morgan fingerprint density at radius 2 is 2.12 bits per heavy atom. The molecule has 0 aromatic heterocycles. The third-order valence-electron chi connectivity index (χ3n) is 2.76. The van der Waals surface area contributed by atoms with Crippen molar-refractivity contribution in [1.29, 1.82) is 0 Å². The van der Waals surface area contributed by atoms with Crippen LogP contribution < -0.4 is 10.6 Å². The second-order valence-corrected chi connectivity index (χ2v) is 4.02. The minimum Gasteiger partial charge on any atom is -0.395 e. The van der Waals surface area contributed by atoms with Gasteiger partial charge >= 0.3 is 0 Å². The first kappa shape index (κ1) is 13.9. The summed E-state index contributed by atoms with van der Waals surface area (Å²) in [6.07, 6.45) is 2.01. The molecule has 96 valence electrons. The van der Waals surface area contributed by atoms with Crippen molar-refractivity contribution in [3.05, 3.63) is 29.6 Å². The largest absolute Gasteiger partial charge is 0.395 e. The standard InChI is InChI=1S/C13H21FN2O/c1-2-3-7-16(8-9-17)13-11(10-15)5-4-6-12(13)14/h4-6,17H,2-3,7-10,15H2,1H3. The summed E-state index contributed by atoms with van der Waals surface area (Å²) in [5.74, 6) is -0.266. The SMILES string of the molecule is CCCCN(CCO)c1c(F)cccc1CN. The number of rotatable bonds is 7. The number of anilines is 1. The molecule has 0 spiro atoms. The Hall–Kier alpha value is -1.13. The molecule has 0 aliphatic heterocycles. The Kier molecular flexibility index (Phi) is 5.94. The van der Waals surface area contributed by atoms with Gasteiger partial charge < -0.3 is 15.7 Å². The highest BCUT2D eigenvalue weighted by atomic mass is 19.1. The van der Waals surface area contributed by atoms with E-state index >= 15 is 0 Å². The van der Waals surface area contributed by atoms with Crippen LogP contribution in [-0.2, 0) is 6.54 Å². The van der Waals surface area contributed by atoms with Crippen molar-refractivity contribution in [2.45, 2.75) is 26.3 Å². The number of hydrogen-bond donors (Lipinski definition) is 2. The lowest BCUT2D eigenvalue weighted by atomic mass is 10.1. The topological polar surface area (TPSA) is 49.5 Å². The van der Waals surface area contributed by atoms with Gasteiger partial charge in [-0.3, -0.25) is 0 Å². The average molecular weight is 240 g/mol. The molecule has 3 nitrogen and oxygen atoms in total. The molecule has 0 aliphatic rings. The molecule has 0 atom stereocenters. The average Bonchev–Trinajstić information content (AvgIpc) is 2.34. The summed E-state index contributed by atoms with van der Waals surface area (Å²) in [6.45, 7) is 3.59. The molecule has 0 fully saturated rings. The summed E-state index contributed by atoms with van der Waals surface area (Å²) >= 11 is 0. The highest BCUT2D eigenvalue weighted by Crippen LogP contribution is 2.24. The van der Waals surface area contributed by atoms with Gasteiger partial charge in [0.1, 0.15) is 5.82 Å². The van der Waals surface area contributed by atoms with Crippen LogP contribution in [0.4, 0.5) is 10.1 Å². The molecular weight excluding hydrogens is 219 g/mol. The quantitative estimate of drug-likeness (QED) is 0.765. The Bertz CT molecular complexity index is 344. The van der Waals surface area contributed by atoms with Crippen LogP contribution in [0.2, 0.25) is 0 Å². The molecule has 0 unspecified atom stereocenters. The number of nitrogens with zero attached hydrogens (tertiary/aromatic N) is 1. The van der Waals surface area contributed by atoms with E-state index in [2.05, 4.69) is 6.92 Å². The third kappa shape index (κ3) is 3.68. The van der Waals surface area contributed by atoms with Crippen molar-refractivity contribution in [3.8, 4) is 0 Å². The van der Waals surface area contributed by atoms with Crippen LogP contribution in [0.5, 0.6) is 0 Å². The number of unbranched alkanes of at least 4 members (excludes halogenated alkanes) is 1. The molecule has 0 saturated carbocycles. The van der Waals surface area contributed by atoms with Gasteiger partial charge in [-0.15, -0.1) is 0 Å². The molecule has 0 bridgehead atoms. The zero-order chi connectivity index (χ0) is 12.7. The van der Waals surface area contributed by atoms with E-state index < -0.39 is 0 Å². The smallest absolute Gasteiger partial charge is 0.146 e. The highest BCUT2D eigenvalue weighted by molar-refractivity contribution is 5.54. The summed E-state index contributed by atoms with van der Waals surface area (Å²) in [7, 11) is 0. The van der Waals surface area contributed by atoms with Crippen molar-refractivity contribution in [1.82, 2.24) is 0 Å². The molecular formula is C13H21FN2O. The van der Waals surface area contributed by atoms with Crippen molar-refractivity contribution < 1.29 is 9.50 Å². The molecule has 1 aromatic carbocycles. The van der Waals surface area contributed by atoms with Gasteiger partial charge in [0.15, 0.2) is 0 Å². The number of nitrogens with two attached hydrogens (primary N) is 1.